The molecule has 2 amide bonds. The number of halogens is 1. The number of esters is 1. The van der Waals surface area contributed by atoms with Crippen LogP contribution < -0.4 is 5.32 Å². The molecule has 4 rings (SSSR count). The number of ether oxygens (including phenoxy) is 1. The van der Waals surface area contributed by atoms with E-state index in [0.29, 0.717) is 0 Å². The van der Waals surface area contributed by atoms with Gasteiger partial charge in [-0.25, -0.2) is 4.79 Å². The molecular weight excluding hydrogens is 480 g/mol. The second-order valence-corrected chi connectivity index (χ2v) is 10.8. The molecule has 31 heavy (non-hydrogen) atoms. The van der Waals surface area contributed by atoms with Crippen LogP contribution in [0, 0.1) is 0 Å². The molecule has 2 saturated heterocycles. The number of fused-ring (bicyclic) bond motifs is 1. The lowest BCUT2D eigenvalue weighted by Crippen LogP contribution is -2.77. The summed E-state index contributed by atoms with van der Waals surface area (Å²) in [5, 5.41) is 2.64. The number of hydrogen-bond donors (Lipinski definition) is 1. The minimum absolute atomic E-state index is 0.0567. The third-order valence-electron chi connectivity index (χ3n) is 5.66. The van der Waals surface area contributed by atoms with Crippen molar-refractivity contribution in [2.24, 2.45) is 0 Å². The molecule has 162 valence electrons. The first-order valence-corrected chi connectivity index (χ1v) is 11.8. The van der Waals surface area contributed by atoms with Gasteiger partial charge in [0.15, 0.2) is 0 Å². The van der Waals surface area contributed by atoms with Crippen molar-refractivity contribution in [2.75, 3.05) is 0 Å². The van der Waals surface area contributed by atoms with Crippen LogP contribution >= 0.6 is 27.7 Å². The molecule has 0 saturated carbocycles. The van der Waals surface area contributed by atoms with Crippen LogP contribution in [-0.4, -0.2) is 43.3 Å². The van der Waals surface area contributed by atoms with Gasteiger partial charge in [0, 0.05) is 0 Å². The maximum Gasteiger partial charge on any atom is 0.355 e. The van der Waals surface area contributed by atoms with Gasteiger partial charge in [0.1, 0.15) is 16.8 Å². The molecule has 3 atom stereocenters. The van der Waals surface area contributed by atoms with E-state index in [2.05, 4.69) is 21.2 Å². The second kappa shape index (κ2) is 8.31. The summed E-state index contributed by atoms with van der Waals surface area (Å²) in [7, 11) is 0. The molecule has 6 nitrogen and oxygen atoms in total. The summed E-state index contributed by atoms with van der Waals surface area (Å²) in [6.07, 6.45) is 0.0970. The van der Waals surface area contributed by atoms with Crippen LogP contribution in [0.3, 0.4) is 0 Å². The van der Waals surface area contributed by atoms with Gasteiger partial charge < -0.3 is 10.1 Å². The van der Waals surface area contributed by atoms with Gasteiger partial charge in [-0.15, -0.1) is 11.8 Å². The zero-order valence-electron chi connectivity index (χ0n) is 17.2. The Morgan fingerprint density at radius 2 is 1.65 bits per heavy atom. The van der Waals surface area contributed by atoms with E-state index in [-0.39, 0.29) is 30.2 Å². The minimum atomic E-state index is -1.59. The van der Waals surface area contributed by atoms with Crippen molar-refractivity contribution in [3.8, 4) is 0 Å². The quantitative estimate of drug-likeness (QED) is 0.372. The van der Waals surface area contributed by atoms with E-state index in [1.807, 2.05) is 74.5 Å². The molecule has 1 N–H and O–H groups in total. The Morgan fingerprint density at radius 1 is 1.06 bits per heavy atom. The largest absolute Gasteiger partial charge is 0.458 e. The number of β-lactam (4-membered cyclic amide) rings is 1. The van der Waals surface area contributed by atoms with E-state index in [4.69, 9.17) is 4.74 Å². The molecule has 0 bridgehead atoms. The lowest BCUT2D eigenvalue weighted by molar-refractivity contribution is -0.177. The van der Waals surface area contributed by atoms with Gasteiger partial charge in [0.2, 0.25) is 17.5 Å². The van der Waals surface area contributed by atoms with Crippen molar-refractivity contribution in [1.82, 2.24) is 10.2 Å². The topological polar surface area (TPSA) is 75.7 Å². The van der Waals surface area contributed by atoms with Crippen molar-refractivity contribution in [3.05, 3.63) is 71.8 Å². The highest BCUT2D eigenvalue weighted by atomic mass is 79.9. The molecule has 0 aromatic heterocycles. The Kier molecular flexibility index (Phi) is 5.87. The third-order valence-corrected chi connectivity index (χ3v) is 8.51. The van der Waals surface area contributed by atoms with Crippen molar-refractivity contribution in [2.45, 2.75) is 47.5 Å². The number of benzene rings is 2. The predicted molar refractivity (Wildman–Crippen MR) is 122 cm³/mol. The van der Waals surface area contributed by atoms with E-state index in [1.165, 1.54) is 16.7 Å². The van der Waals surface area contributed by atoms with E-state index in [0.717, 1.165) is 11.1 Å². The Labute approximate surface area is 193 Å². The molecule has 2 aliphatic heterocycles. The molecule has 2 aromatic rings. The molecule has 2 fully saturated rings. The summed E-state index contributed by atoms with van der Waals surface area (Å²) < 4.78 is 4.87. The Hall–Kier alpha value is -2.32. The van der Waals surface area contributed by atoms with Gasteiger partial charge in [-0.3, -0.25) is 14.5 Å². The van der Waals surface area contributed by atoms with Gasteiger partial charge in [-0.1, -0.05) is 76.6 Å². The van der Waals surface area contributed by atoms with Crippen LogP contribution in [-0.2, 0) is 32.1 Å². The average molecular weight is 503 g/mol. The highest BCUT2D eigenvalue weighted by Crippen LogP contribution is 2.57. The summed E-state index contributed by atoms with van der Waals surface area (Å²) >= 11 is 4.88. The summed E-state index contributed by atoms with van der Waals surface area (Å²) in [6.45, 7) is 3.77. The number of carbonyl (C=O) groups is 3. The highest BCUT2D eigenvalue weighted by molar-refractivity contribution is 9.10. The molecule has 0 aliphatic carbocycles. The maximum absolute atomic E-state index is 13.5. The number of carbonyl (C=O) groups excluding carboxylic acids is 3. The SMILES string of the molecule is CC1(C)S[C@@H]2[C@H](Br)C(=O)N2[C@@]1(NC(=O)Cc1ccccc1)C(=O)OCc1ccccc1. The lowest BCUT2D eigenvalue weighted by atomic mass is 9.89. The monoisotopic (exact) mass is 502 g/mol. The van der Waals surface area contributed by atoms with Crippen LogP contribution in [0.5, 0.6) is 0 Å². The maximum atomic E-state index is 13.5. The molecular formula is C23H23BrN2O4S. The molecule has 8 heteroatoms. The van der Waals surface area contributed by atoms with Crippen LogP contribution in [0.1, 0.15) is 25.0 Å². The van der Waals surface area contributed by atoms with E-state index in [1.54, 1.807) is 0 Å². The Balaban J connectivity index is 1.63. The normalized spacial score (nSPS) is 26.0. The molecule has 2 aromatic carbocycles. The van der Waals surface area contributed by atoms with Crippen LogP contribution in [0.25, 0.3) is 0 Å². The number of nitrogens with zero attached hydrogens (tertiary/aromatic N) is 1. The van der Waals surface area contributed by atoms with Crippen molar-refractivity contribution >= 4 is 45.5 Å². The highest BCUT2D eigenvalue weighted by Gasteiger charge is 2.73. The van der Waals surface area contributed by atoms with Crippen molar-refractivity contribution < 1.29 is 19.1 Å². The zero-order chi connectivity index (χ0) is 22.2. The number of nitrogens with one attached hydrogen (secondary N) is 1. The number of rotatable bonds is 6. The van der Waals surface area contributed by atoms with Crippen LogP contribution in [0.2, 0.25) is 0 Å². The Morgan fingerprint density at radius 3 is 2.26 bits per heavy atom. The number of alkyl halides is 1. The fourth-order valence-electron chi connectivity index (χ4n) is 4.04. The fraction of sp³-hybridized carbons (Fsp3) is 0.348. The van der Waals surface area contributed by atoms with Gasteiger partial charge >= 0.3 is 5.97 Å². The predicted octanol–water partition coefficient (Wildman–Crippen LogP) is 3.24. The first-order chi connectivity index (χ1) is 14.8. The summed E-state index contributed by atoms with van der Waals surface area (Å²) in [4.78, 5) is 40.4. The van der Waals surface area contributed by atoms with Gasteiger partial charge in [0.25, 0.3) is 0 Å². The standard InChI is InChI=1S/C23H23BrN2O4S/c1-22(2)23(26-19(28)18(24)20(26)31-22,21(29)30-14-16-11-7-4-8-12-16)25-17(27)13-15-9-5-3-6-10-15/h3-12,18,20H,13-14H2,1-2H3,(H,25,27)/t18-,20-,23+/m1/s1. The molecule has 2 heterocycles. The summed E-state index contributed by atoms with van der Waals surface area (Å²) in [5.74, 6) is -1.21. The second-order valence-electron chi connectivity index (χ2n) is 8.11. The number of amides is 2. The number of hydrogen-bond acceptors (Lipinski definition) is 5. The lowest BCUT2D eigenvalue weighted by Gasteiger charge is -2.49. The van der Waals surface area contributed by atoms with Crippen molar-refractivity contribution in [3.63, 3.8) is 0 Å². The number of thioether (sulfide) groups is 1. The third kappa shape index (κ3) is 3.76. The van der Waals surface area contributed by atoms with Crippen LogP contribution in [0.15, 0.2) is 60.7 Å². The minimum Gasteiger partial charge on any atom is -0.458 e. The molecule has 2 aliphatic rings. The first-order valence-electron chi connectivity index (χ1n) is 9.97. The van der Waals surface area contributed by atoms with Crippen LogP contribution in [0.4, 0.5) is 0 Å². The van der Waals surface area contributed by atoms with E-state index >= 15 is 0 Å². The first kappa shape index (κ1) is 21.9. The van der Waals surface area contributed by atoms with E-state index in [9.17, 15) is 14.4 Å². The van der Waals surface area contributed by atoms with Gasteiger partial charge in [0.05, 0.1) is 11.2 Å². The molecule has 0 unspecified atom stereocenters. The van der Waals surface area contributed by atoms with Gasteiger partial charge in [-0.05, 0) is 25.0 Å². The summed E-state index contributed by atoms with van der Waals surface area (Å²) in [5.41, 5.74) is 0.0562. The average Bonchev–Trinajstić information content (AvgIpc) is 2.98. The molecule has 0 radical (unpaired) electrons. The van der Waals surface area contributed by atoms with Gasteiger partial charge in [-0.2, -0.15) is 0 Å². The molecule has 0 spiro atoms. The van der Waals surface area contributed by atoms with Crippen molar-refractivity contribution in [1.29, 1.82) is 0 Å². The van der Waals surface area contributed by atoms with E-state index < -0.39 is 21.2 Å². The summed E-state index contributed by atoms with van der Waals surface area (Å²) in [6, 6.07) is 18.6. The smallest absolute Gasteiger partial charge is 0.355 e. The fourth-order valence-corrected chi connectivity index (χ4v) is 6.43. The zero-order valence-corrected chi connectivity index (χ0v) is 19.6. The Bertz CT molecular complexity index is 1000.